The lowest BCUT2D eigenvalue weighted by molar-refractivity contribution is 0.206. The molecule has 0 radical (unpaired) electrons. The number of rotatable bonds is 8. The maximum atomic E-state index is 12.2. The van der Waals surface area contributed by atoms with E-state index in [1.54, 1.807) is 37.4 Å². The van der Waals surface area contributed by atoms with Crippen LogP contribution < -0.4 is 15.4 Å². The number of nitrogens with one attached hydrogen (secondary N) is 3. The molecule has 1 fully saturated rings. The largest absolute Gasteiger partial charge is 0.355 e. The molecule has 0 aliphatic carbocycles. The average Bonchev–Trinajstić information content (AvgIpc) is 2.66. The fourth-order valence-corrected chi connectivity index (χ4v) is 4.11. The fraction of sp³-hybridized carbons (Fsp3) is 0.611. The molecular formula is C18H32IN5O2S. The molecule has 0 amide bonds. The molecule has 1 aliphatic rings. The van der Waals surface area contributed by atoms with E-state index in [1.165, 1.54) is 13.0 Å². The van der Waals surface area contributed by atoms with Gasteiger partial charge in [-0.25, -0.2) is 13.1 Å². The average molecular weight is 509 g/mol. The van der Waals surface area contributed by atoms with Crippen molar-refractivity contribution < 1.29 is 8.42 Å². The van der Waals surface area contributed by atoms with Gasteiger partial charge in [-0.15, -0.1) is 24.0 Å². The third kappa shape index (κ3) is 8.32. The third-order valence-corrected chi connectivity index (χ3v) is 5.93. The van der Waals surface area contributed by atoms with Gasteiger partial charge in [-0.2, -0.15) is 0 Å². The Bertz CT molecular complexity index is 662. The minimum atomic E-state index is -3.46. The second-order valence-electron chi connectivity index (χ2n) is 6.47. The quantitative estimate of drug-likeness (QED) is 0.215. The second kappa shape index (κ2) is 12.5. The van der Waals surface area contributed by atoms with Gasteiger partial charge in [-0.05, 0) is 37.9 Å². The van der Waals surface area contributed by atoms with Gasteiger partial charge in [-0.3, -0.25) is 4.99 Å². The first-order valence-corrected chi connectivity index (χ1v) is 10.8. The third-order valence-electron chi connectivity index (χ3n) is 4.45. The molecule has 0 atom stereocenters. The number of halogens is 1. The number of hydrogen-bond acceptors (Lipinski definition) is 4. The lowest BCUT2D eigenvalue weighted by Gasteiger charge is -2.32. The minimum absolute atomic E-state index is 0. The smallest absolute Gasteiger partial charge is 0.240 e. The molecule has 0 spiro atoms. The molecule has 9 heteroatoms. The monoisotopic (exact) mass is 509 g/mol. The van der Waals surface area contributed by atoms with E-state index in [9.17, 15) is 8.42 Å². The van der Waals surface area contributed by atoms with Gasteiger partial charge in [0.1, 0.15) is 0 Å². The van der Waals surface area contributed by atoms with Crippen molar-refractivity contribution in [1.82, 2.24) is 20.3 Å². The van der Waals surface area contributed by atoms with Gasteiger partial charge in [0.25, 0.3) is 0 Å². The van der Waals surface area contributed by atoms with E-state index in [0.717, 1.165) is 31.9 Å². The summed E-state index contributed by atoms with van der Waals surface area (Å²) in [5, 5.41) is 6.61. The summed E-state index contributed by atoms with van der Waals surface area (Å²) in [4.78, 5) is 7.01. The van der Waals surface area contributed by atoms with Crippen molar-refractivity contribution in [2.45, 2.75) is 37.1 Å². The number of aliphatic imine (C=N–C) groups is 1. The number of likely N-dealkylation sites (tertiary alicyclic amines) is 1. The van der Waals surface area contributed by atoms with E-state index < -0.39 is 10.0 Å². The van der Waals surface area contributed by atoms with Crippen molar-refractivity contribution in [2.75, 3.05) is 39.8 Å². The van der Waals surface area contributed by atoms with Crippen LogP contribution >= 0.6 is 24.0 Å². The normalized spacial score (nSPS) is 16.6. The SMILES string of the molecule is CCCN1CCC(NC(=NC)NCCNS(=O)(=O)c2ccccc2)CC1.I. The molecule has 1 saturated heterocycles. The lowest BCUT2D eigenvalue weighted by Crippen LogP contribution is -2.49. The molecule has 154 valence electrons. The van der Waals surface area contributed by atoms with E-state index in [4.69, 9.17) is 0 Å². The number of hydrogen-bond donors (Lipinski definition) is 3. The van der Waals surface area contributed by atoms with E-state index in [1.807, 2.05) is 0 Å². The van der Waals surface area contributed by atoms with Crippen molar-refractivity contribution in [3.8, 4) is 0 Å². The summed E-state index contributed by atoms with van der Waals surface area (Å²) in [6, 6.07) is 8.80. The Morgan fingerprint density at radius 2 is 1.85 bits per heavy atom. The summed E-state index contributed by atoms with van der Waals surface area (Å²) in [6.07, 6.45) is 3.39. The van der Waals surface area contributed by atoms with Gasteiger partial charge in [-0.1, -0.05) is 25.1 Å². The van der Waals surface area contributed by atoms with Gasteiger partial charge in [0.15, 0.2) is 5.96 Å². The molecule has 0 aromatic heterocycles. The van der Waals surface area contributed by atoms with Crippen LogP contribution in [0.15, 0.2) is 40.2 Å². The predicted molar refractivity (Wildman–Crippen MR) is 121 cm³/mol. The van der Waals surface area contributed by atoms with Crippen molar-refractivity contribution in [2.24, 2.45) is 4.99 Å². The fourth-order valence-electron chi connectivity index (χ4n) is 3.05. The molecule has 7 nitrogen and oxygen atoms in total. The van der Waals surface area contributed by atoms with E-state index in [2.05, 4.69) is 32.2 Å². The van der Waals surface area contributed by atoms with Gasteiger partial charge in [0.05, 0.1) is 4.90 Å². The van der Waals surface area contributed by atoms with Crippen molar-refractivity contribution in [1.29, 1.82) is 0 Å². The zero-order valence-corrected chi connectivity index (χ0v) is 19.3. The molecule has 3 N–H and O–H groups in total. The highest BCUT2D eigenvalue weighted by molar-refractivity contribution is 14.0. The van der Waals surface area contributed by atoms with Gasteiger partial charge in [0, 0.05) is 39.3 Å². The highest BCUT2D eigenvalue weighted by Gasteiger charge is 2.19. The van der Waals surface area contributed by atoms with Crippen molar-refractivity contribution in [3.05, 3.63) is 30.3 Å². The molecule has 1 aromatic rings. The Labute approximate surface area is 180 Å². The Hall–Kier alpha value is -0.910. The maximum Gasteiger partial charge on any atom is 0.240 e. The standard InChI is InChI=1S/C18H31N5O2S.HI/c1-3-13-23-14-9-16(10-15-23)22-18(19-2)20-11-12-21-26(24,25)17-7-5-4-6-8-17;/h4-8,16,21H,3,9-15H2,1-2H3,(H2,19,20,22);1H. The Balaban J connectivity index is 0.00000364. The molecule has 1 aliphatic heterocycles. The zero-order chi connectivity index (χ0) is 18.8. The van der Waals surface area contributed by atoms with Crippen LogP contribution in [-0.4, -0.2) is 65.1 Å². The second-order valence-corrected chi connectivity index (χ2v) is 8.24. The Kier molecular flexibility index (Phi) is 11.2. The summed E-state index contributed by atoms with van der Waals surface area (Å²) in [7, 11) is -1.73. The van der Waals surface area contributed by atoms with Crippen LogP contribution in [0.3, 0.4) is 0 Å². The van der Waals surface area contributed by atoms with Gasteiger partial charge < -0.3 is 15.5 Å². The summed E-state index contributed by atoms with van der Waals surface area (Å²) in [6.45, 7) is 6.37. The number of piperidine rings is 1. The number of sulfonamides is 1. The molecule has 1 heterocycles. The molecule has 0 bridgehead atoms. The Morgan fingerprint density at radius 1 is 1.19 bits per heavy atom. The maximum absolute atomic E-state index is 12.2. The topological polar surface area (TPSA) is 85.8 Å². The van der Waals surface area contributed by atoms with E-state index >= 15 is 0 Å². The summed E-state index contributed by atoms with van der Waals surface area (Å²) >= 11 is 0. The lowest BCUT2D eigenvalue weighted by atomic mass is 10.1. The first-order chi connectivity index (χ1) is 12.5. The predicted octanol–water partition coefficient (Wildman–Crippen LogP) is 1.62. The van der Waals surface area contributed by atoms with E-state index in [0.29, 0.717) is 19.1 Å². The van der Waals surface area contributed by atoms with Crippen molar-refractivity contribution in [3.63, 3.8) is 0 Å². The molecule has 1 aromatic carbocycles. The van der Waals surface area contributed by atoms with E-state index in [-0.39, 0.29) is 28.9 Å². The van der Waals surface area contributed by atoms with Crippen LogP contribution in [-0.2, 0) is 10.0 Å². The molecule has 0 unspecified atom stereocenters. The van der Waals surface area contributed by atoms with Gasteiger partial charge in [0.2, 0.25) is 10.0 Å². The number of nitrogens with zero attached hydrogens (tertiary/aromatic N) is 2. The van der Waals surface area contributed by atoms with Crippen LogP contribution in [0.5, 0.6) is 0 Å². The van der Waals surface area contributed by atoms with Crippen molar-refractivity contribution >= 4 is 40.0 Å². The van der Waals surface area contributed by atoms with Crippen LogP contribution in [0.2, 0.25) is 0 Å². The van der Waals surface area contributed by atoms with Crippen LogP contribution in [0.1, 0.15) is 26.2 Å². The first kappa shape index (κ1) is 24.1. The minimum Gasteiger partial charge on any atom is -0.355 e. The van der Waals surface area contributed by atoms with Crippen LogP contribution in [0.25, 0.3) is 0 Å². The van der Waals surface area contributed by atoms with Gasteiger partial charge >= 0.3 is 0 Å². The van der Waals surface area contributed by atoms with Crippen LogP contribution in [0.4, 0.5) is 0 Å². The first-order valence-electron chi connectivity index (χ1n) is 9.29. The number of benzene rings is 1. The summed E-state index contributed by atoms with van der Waals surface area (Å²) in [5.41, 5.74) is 0. The highest BCUT2D eigenvalue weighted by Crippen LogP contribution is 2.10. The Morgan fingerprint density at radius 3 is 2.44 bits per heavy atom. The summed E-state index contributed by atoms with van der Waals surface area (Å²) < 4.78 is 26.9. The molecule has 2 rings (SSSR count). The molecule has 0 saturated carbocycles. The molecular weight excluding hydrogens is 477 g/mol. The highest BCUT2D eigenvalue weighted by atomic mass is 127. The zero-order valence-electron chi connectivity index (χ0n) is 16.1. The number of guanidine groups is 1. The summed E-state index contributed by atoms with van der Waals surface area (Å²) in [5.74, 6) is 0.720. The molecule has 27 heavy (non-hydrogen) atoms. The van der Waals surface area contributed by atoms with Crippen LogP contribution in [0, 0.1) is 0 Å².